The molecule has 6 heteroatoms. The number of hydrogen-bond donors (Lipinski definition) is 2. The molecule has 0 saturated carbocycles. The van der Waals surface area contributed by atoms with Crippen LogP contribution in [0.2, 0.25) is 0 Å². The van der Waals surface area contributed by atoms with E-state index in [1.54, 1.807) is 33.8 Å². The first-order chi connectivity index (χ1) is 10.1. The Bertz CT molecular complexity index is 588. The Balaban J connectivity index is 2.63. The summed E-state index contributed by atoms with van der Waals surface area (Å²) in [6.45, 7) is 9.14. The zero-order chi connectivity index (χ0) is 16.9. The predicted octanol–water partition coefficient (Wildman–Crippen LogP) is 3.33. The number of hydrogen-bond acceptors (Lipinski definition) is 4. The number of halogens is 1. The number of nitriles is 1. The lowest BCUT2D eigenvalue weighted by molar-refractivity contribution is 0.0526. The molecule has 1 aromatic carbocycles. The van der Waals surface area contributed by atoms with E-state index in [4.69, 9.17) is 10.00 Å². The van der Waals surface area contributed by atoms with Crippen LogP contribution in [0.1, 0.15) is 38.8 Å². The maximum Gasteiger partial charge on any atom is 0.407 e. The van der Waals surface area contributed by atoms with Gasteiger partial charge >= 0.3 is 6.09 Å². The molecule has 22 heavy (non-hydrogen) atoms. The van der Waals surface area contributed by atoms with Crippen LogP contribution < -0.4 is 10.6 Å². The van der Waals surface area contributed by atoms with Gasteiger partial charge in [0.2, 0.25) is 0 Å². The molecule has 0 aliphatic heterocycles. The minimum absolute atomic E-state index is 0.153. The number of nitrogens with zero attached hydrogens (tertiary/aromatic N) is 1. The third-order valence-electron chi connectivity index (χ3n) is 2.83. The molecule has 1 aromatic rings. The standard InChI is InChI=1S/C16H22FN3O2/c1-10(9-19-15(21)22-16(3,4)5)20-14-7-12(8-18)6-13(17)11(14)2/h6-7,10,20H,9H2,1-5H3,(H,19,21). The monoisotopic (exact) mass is 307 g/mol. The zero-order valence-electron chi connectivity index (χ0n) is 13.6. The summed E-state index contributed by atoms with van der Waals surface area (Å²) in [5, 5.41) is 14.6. The van der Waals surface area contributed by atoms with Crippen LogP contribution in [0.5, 0.6) is 0 Å². The highest BCUT2D eigenvalue weighted by molar-refractivity contribution is 5.67. The second-order valence-corrected chi connectivity index (χ2v) is 6.17. The highest BCUT2D eigenvalue weighted by Crippen LogP contribution is 2.21. The van der Waals surface area contributed by atoms with E-state index in [9.17, 15) is 9.18 Å². The number of nitrogens with one attached hydrogen (secondary N) is 2. The smallest absolute Gasteiger partial charge is 0.407 e. The molecule has 0 saturated heterocycles. The van der Waals surface area contributed by atoms with E-state index in [0.29, 0.717) is 17.8 Å². The summed E-state index contributed by atoms with van der Waals surface area (Å²) in [4.78, 5) is 11.6. The van der Waals surface area contributed by atoms with Crippen molar-refractivity contribution < 1.29 is 13.9 Å². The van der Waals surface area contributed by atoms with Crippen molar-refractivity contribution in [3.8, 4) is 6.07 Å². The average Bonchev–Trinajstić information content (AvgIpc) is 2.39. The van der Waals surface area contributed by atoms with Crippen molar-refractivity contribution in [3.63, 3.8) is 0 Å². The van der Waals surface area contributed by atoms with Crippen molar-refractivity contribution in [2.24, 2.45) is 0 Å². The molecule has 1 rings (SSSR count). The number of carbonyl (C=O) groups is 1. The molecule has 0 aliphatic rings. The quantitative estimate of drug-likeness (QED) is 0.894. The van der Waals surface area contributed by atoms with Crippen molar-refractivity contribution >= 4 is 11.8 Å². The Labute approximate surface area is 130 Å². The molecule has 0 spiro atoms. The third-order valence-corrected chi connectivity index (χ3v) is 2.83. The third kappa shape index (κ3) is 5.60. The lowest BCUT2D eigenvalue weighted by Crippen LogP contribution is -2.38. The Hall–Kier alpha value is -2.29. The van der Waals surface area contributed by atoms with Crippen LogP contribution >= 0.6 is 0 Å². The fraction of sp³-hybridized carbons (Fsp3) is 0.500. The molecular weight excluding hydrogens is 285 g/mol. The molecule has 0 fully saturated rings. The maximum atomic E-state index is 13.7. The number of anilines is 1. The maximum absolute atomic E-state index is 13.7. The van der Waals surface area contributed by atoms with E-state index < -0.39 is 17.5 Å². The van der Waals surface area contributed by atoms with Crippen LogP contribution in [0.4, 0.5) is 14.9 Å². The molecule has 120 valence electrons. The number of benzene rings is 1. The first-order valence-corrected chi connectivity index (χ1v) is 7.06. The summed E-state index contributed by atoms with van der Waals surface area (Å²) < 4.78 is 18.8. The van der Waals surface area contributed by atoms with Crippen molar-refractivity contribution in [1.82, 2.24) is 5.32 Å². The van der Waals surface area contributed by atoms with Gasteiger partial charge < -0.3 is 15.4 Å². The van der Waals surface area contributed by atoms with Crippen LogP contribution in [-0.4, -0.2) is 24.3 Å². The van der Waals surface area contributed by atoms with Gasteiger partial charge in [0.15, 0.2) is 0 Å². The van der Waals surface area contributed by atoms with Crippen molar-refractivity contribution in [2.75, 3.05) is 11.9 Å². The first kappa shape index (κ1) is 17.8. The minimum atomic E-state index is -0.554. The van der Waals surface area contributed by atoms with Gasteiger partial charge in [-0.15, -0.1) is 0 Å². The van der Waals surface area contributed by atoms with Crippen LogP contribution in [-0.2, 0) is 4.74 Å². The summed E-state index contributed by atoms with van der Waals surface area (Å²) in [6, 6.07) is 4.55. The molecule has 0 aromatic heterocycles. The van der Waals surface area contributed by atoms with Gasteiger partial charge in [-0.25, -0.2) is 9.18 Å². The van der Waals surface area contributed by atoms with Crippen LogP contribution in [0.25, 0.3) is 0 Å². The fourth-order valence-electron chi connectivity index (χ4n) is 1.76. The Kier molecular flexibility index (Phi) is 5.75. The van der Waals surface area contributed by atoms with E-state index in [2.05, 4.69) is 10.6 Å². The zero-order valence-corrected chi connectivity index (χ0v) is 13.6. The molecule has 0 bridgehead atoms. The van der Waals surface area contributed by atoms with Gasteiger partial charge in [0.05, 0.1) is 11.6 Å². The van der Waals surface area contributed by atoms with Gasteiger partial charge in [-0.2, -0.15) is 5.26 Å². The molecule has 5 nitrogen and oxygen atoms in total. The summed E-state index contributed by atoms with van der Waals surface area (Å²) in [6.07, 6.45) is -0.505. The number of rotatable bonds is 4. The second-order valence-electron chi connectivity index (χ2n) is 6.17. The van der Waals surface area contributed by atoms with E-state index >= 15 is 0 Å². The first-order valence-electron chi connectivity index (χ1n) is 7.06. The second kappa shape index (κ2) is 7.12. The lowest BCUT2D eigenvalue weighted by atomic mass is 10.1. The van der Waals surface area contributed by atoms with E-state index in [1.807, 2.05) is 13.0 Å². The largest absolute Gasteiger partial charge is 0.444 e. The summed E-state index contributed by atoms with van der Waals surface area (Å²) in [7, 11) is 0. The minimum Gasteiger partial charge on any atom is -0.444 e. The molecule has 2 N–H and O–H groups in total. The normalized spacial score (nSPS) is 12.2. The van der Waals surface area contributed by atoms with Crippen LogP contribution in [0.3, 0.4) is 0 Å². The fourth-order valence-corrected chi connectivity index (χ4v) is 1.76. The highest BCUT2D eigenvalue weighted by Gasteiger charge is 2.17. The molecular formula is C16H22FN3O2. The summed E-state index contributed by atoms with van der Waals surface area (Å²) in [5.74, 6) is -0.436. The Morgan fingerprint density at radius 1 is 1.45 bits per heavy atom. The molecule has 1 amide bonds. The molecule has 1 unspecified atom stereocenters. The number of ether oxygens (including phenoxy) is 1. The highest BCUT2D eigenvalue weighted by atomic mass is 19.1. The van der Waals surface area contributed by atoms with E-state index in [0.717, 1.165) is 0 Å². The summed E-state index contributed by atoms with van der Waals surface area (Å²) in [5.41, 5.74) is 0.665. The van der Waals surface area contributed by atoms with Gasteiger partial charge in [0, 0.05) is 23.8 Å². The number of amides is 1. The van der Waals surface area contributed by atoms with E-state index in [1.165, 1.54) is 6.07 Å². The Morgan fingerprint density at radius 3 is 2.64 bits per heavy atom. The predicted molar refractivity (Wildman–Crippen MR) is 83.2 cm³/mol. The molecule has 0 heterocycles. The molecule has 0 aliphatic carbocycles. The number of alkyl carbamates (subject to hydrolysis) is 1. The van der Waals surface area contributed by atoms with Crippen molar-refractivity contribution in [2.45, 2.75) is 46.3 Å². The van der Waals surface area contributed by atoms with Gasteiger partial charge in [-0.05, 0) is 46.8 Å². The van der Waals surface area contributed by atoms with Crippen LogP contribution in [0.15, 0.2) is 12.1 Å². The lowest BCUT2D eigenvalue weighted by Gasteiger charge is -2.22. The molecule has 0 radical (unpaired) electrons. The van der Waals surface area contributed by atoms with Gasteiger partial charge in [-0.3, -0.25) is 0 Å². The van der Waals surface area contributed by atoms with Crippen LogP contribution in [0, 0.1) is 24.1 Å². The van der Waals surface area contributed by atoms with Crippen molar-refractivity contribution in [1.29, 1.82) is 5.26 Å². The average molecular weight is 307 g/mol. The SMILES string of the molecule is Cc1c(F)cc(C#N)cc1NC(C)CNC(=O)OC(C)(C)C. The van der Waals surface area contributed by atoms with Gasteiger partial charge in [0.25, 0.3) is 0 Å². The van der Waals surface area contributed by atoms with Gasteiger partial charge in [-0.1, -0.05) is 0 Å². The van der Waals surface area contributed by atoms with Crippen molar-refractivity contribution in [3.05, 3.63) is 29.1 Å². The number of carbonyl (C=O) groups excluding carboxylic acids is 1. The topological polar surface area (TPSA) is 74.2 Å². The van der Waals surface area contributed by atoms with Gasteiger partial charge in [0.1, 0.15) is 11.4 Å². The van der Waals surface area contributed by atoms with E-state index in [-0.39, 0.29) is 11.6 Å². The molecule has 1 atom stereocenters. The summed E-state index contributed by atoms with van der Waals surface area (Å²) >= 11 is 0. The Morgan fingerprint density at radius 2 is 2.09 bits per heavy atom.